The van der Waals surface area contributed by atoms with Crippen molar-refractivity contribution in [2.24, 2.45) is 14.1 Å². The van der Waals surface area contributed by atoms with E-state index in [4.69, 9.17) is 0 Å². The monoisotopic (exact) mass is 357 g/mol. The number of rotatable bonds is 5. The number of aliphatic hydroxyl groups is 1. The molecular formula is C18H23N5O3. The van der Waals surface area contributed by atoms with Crippen LogP contribution in [0.5, 0.6) is 0 Å². The molecule has 2 N–H and O–H groups in total. The van der Waals surface area contributed by atoms with E-state index in [2.05, 4.69) is 10.3 Å². The number of nitrogens with one attached hydrogen (secondary N) is 1. The lowest BCUT2D eigenvalue weighted by Crippen LogP contribution is -2.38. The summed E-state index contributed by atoms with van der Waals surface area (Å²) < 4.78 is 3.96. The molecule has 0 spiro atoms. The summed E-state index contributed by atoms with van der Waals surface area (Å²) in [6.07, 6.45) is 0.751. The molecule has 8 heteroatoms. The SMILES string of the molecule is Cc1ccc(NCC(O)Cn2cnc3c2c(=O)n(C)c(=O)n3C)cc1C. The van der Waals surface area contributed by atoms with Crippen LogP contribution in [0, 0.1) is 13.8 Å². The van der Waals surface area contributed by atoms with Gasteiger partial charge in [0.15, 0.2) is 11.2 Å². The molecule has 0 saturated heterocycles. The van der Waals surface area contributed by atoms with Crippen molar-refractivity contribution in [2.45, 2.75) is 26.5 Å². The topological polar surface area (TPSA) is 94.1 Å². The summed E-state index contributed by atoms with van der Waals surface area (Å²) in [5.41, 5.74) is 3.09. The lowest BCUT2D eigenvalue weighted by Gasteiger charge is -2.15. The molecule has 0 bridgehead atoms. The highest BCUT2D eigenvalue weighted by Crippen LogP contribution is 2.14. The molecule has 138 valence electrons. The minimum Gasteiger partial charge on any atom is -0.389 e. The summed E-state index contributed by atoms with van der Waals surface area (Å²) in [6.45, 7) is 4.61. The van der Waals surface area contributed by atoms with Crippen LogP contribution in [0.1, 0.15) is 11.1 Å². The molecule has 0 aliphatic carbocycles. The summed E-state index contributed by atoms with van der Waals surface area (Å²) in [7, 11) is 3.00. The van der Waals surface area contributed by atoms with Crippen LogP contribution < -0.4 is 16.6 Å². The number of nitrogens with zero attached hydrogens (tertiary/aromatic N) is 4. The highest BCUT2D eigenvalue weighted by atomic mass is 16.3. The first kappa shape index (κ1) is 17.9. The molecule has 26 heavy (non-hydrogen) atoms. The molecule has 2 heterocycles. The summed E-state index contributed by atoms with van der Waals surface area (Å²) in [5.74, 6) is 0. The fourth-order valence-electron chi connectivity index (χ4n) is 2.91. The largest absolute Gasteiger partial charge is 0.389 e. The second kappa shape index (κ2) is 6.80. The summed E-state index contributed by atoms with van der Waals surface area (Å²) in [6, 6.07) is 6.02. The third-order valence-electron chi connectivity index (χ3n) is 4.67. The van der Waals surface area contributed by atoms with Gasteiger partial charge in [-0.25, -0.2) is 9.78 Å². The Balaban J connectivity index is 1.79. The maximum absolute atomic E-state index is 12.4. The van der Waals surface area contributed by atoms with Crippen LogP contribution in [-0.2, 0) is 20.6 Å². The van der Waals surface area contributed by atoms with Crippen LogP contribution in [0.15, 0.2) is 34.1 Å². The van der Waals surface area contributed by atoms with Gasteiger partial charge in [0.2, 0.25) is 0 Å². The third-order valence-corrected chi connectivity index (χ3v) is 4.67. The van der Waals surface area contributed by atoms with E-state index in [0.717, 1.165) is 10.3 Å². The van der Waals surface area contributed by atoms with Gasteiger partial charge in [-0.05, 0) is 37.1 Å². The standard InChI is InChI=1S/C18H23N5O3/c1-11-5-6-13(7-12(11)2)19-8-14(24)9-23-10-20-16-15(23)17(25)22(4)18(26)21(16)3/h5-7,10,14,19,24H,8-9H2,1-4H3. The van der Waals surface area contributed by atoms with Crippen molar-refractivity contribution in [2.75, 3.05) is 11.9 Å². The fraction of sp³-hybridized carbons (Fsp3) is 0.389. The van der Waals surface area contributed by atoms with Crippen LogP contribution in [0.3, 0.4) is 0 Å². The molecule has 0 saturated carbocycles. The van der Waals surface area contributed by atoms with E-state index in [9.17, 15) is 14.7 Å². The average molecular weight is 357 g/mol. The van der Waals surface area contributed by atoms with Crippen LogP contribution in [-0.4, -0.2) is 36.4 Å². The second-order valence-corrected chi connectivity index (χ2v) is 6.61. The number of aryl methyl sites for hydroxylation is 3. The Morgan fingerprint density at radius 2 is 1.88 bits per heavy atom. The zero-order chi connectivity index (χ0) is 19.0. The number of fused-ring (bicyclic) bond motifs is 1. The zero-order valence-corrected chi connectivity index (χ0v) is 15.4. The lowest BCUT2D eigenvalue weighted by molar-refractivity contribution is 0.168. The molecule has 8 nitrogen and oxygen atoms in total. The Morgan fingerprint density at radius 3 is 2.58 bits per heavy atom. The number of aromatic nitrogens is 4. The highest BCUT2D eigenvalue weighted by Gasteiger charge is 2.16. The molecule has 0 amide bonds. The predicted octanol–water partition coefficient (Wildman–Crippen LogP) is 0.524. The molecule has 3 aromatic rings. The van der Waals surface area contributed by atoms with Gasteiger partial charge in [-0.1, -0.05) is 6.07 Å². The van der Waals surface area contributed by atoms with E-state index >= 15 is 0 Å². The Bertz CT molecular complexity index is 1080. The number of hydrogen-bond donors (Lipinski definition) is 2. The van der Waals surface area contributed by atoms with Gasteiger partial charge < -0.3 is 15.0 Å². The van der Waals surface area contributed by atoms with Gasteiger partial charge in [0, 0.05) is 26.3 Å². The molecule has 0 fully saturated rings. The molecule has 1 atom stereocenters. The molecule has 1 unspecified atom stereocenters. The van der Waals surface area contributed by atoms with E-state index < -0.39 is 17.4 Å². The van der Waals surface area contributed by atoms with E-state index in [1.807, 2.05) is 32.0 Å². The van der Waals surface area contributed by atoms with E-state index in [-0.39, 0.29) is 6.54 Å². The van der Waals surface area contributed by atoms with Crippen LogP contribution >= 0.6 is 0 Å². The number of imidazole rings is 1. The van der Waals surface area contributed by atoms with Crippen molar-refractivity contribution in [3.8, 4) is 0 Å². The highest BCUT2D eigenvalue weighted by molar-refractivity contribution is 5.69. The Hall–Kier alpha value is -2.87. The lowest BCUT2D eigenvalue weighted by atomic mass is 10.1. The molecule has 0 aliphatic heterocycles. The number of anilines is 1. The van der Waals surface area contributed by atoms with Crippen molar-refractivity contribution in [3.63, 3.8) is 0 Å². The zero-order valence-electron chi connectivity index (χ0n) is 15.4. The molecule has 1 aromatic carbocycles. The first-order chi connectivity index (χ1) is 12.3. The van der Waals surface area contributed by atoms with Gasteiger partial charge in [0.1, 0.15) is 0 Å². The van der Waals surface area contributed by atoms with Gasteiger partial charge in [-0.15, -0.1) is 0 Å². The minimum atomic E-state index is -0.726. The normalized spacial score (nSPS) is 12.5. The van der Waals surface area contributed by atoms with E-state index in [1.165, 1.54) is 29.1 Å². The van der Waals surface area contributed by atoms with Gasteiger partial charge in [0.25, 0.3) is 5.56 Å². The molecule has 0 aliphatic rings. The number of hydrogen-bond acceptors (Lipinski definition) is 5. The quantitative estimate of drug-likeness (QED) is 0.694. The van der Waals surface area contributed by atoms with Crippen LogP contribution in [0.4, 0.5) is 5.69 Å². The third kappa shape index (κ3) is 3.15. The second-order valence-electron chi connectivity index (χ2n) is 6.61. The Morgan fingerprint density at radius 1 is 1.15 bits per heavy atom. The maximum Gasteiger partial charge on any atom is 0.332 e. The molecular weight excluding hydrogens is 334 g/mol. The van der Waals surface area contributed by atoms with Crippen molar-refractivity contribution in [3.05, 3.63) is 56.5 Å². The molecule has 3 rings (SSSR count). The van der Waals surface area contributed by atoms with Crippen LogP contribution in [0.2, 0.25) is 0 Å². The van der Waals surface area contributed by atoms with Crippen molar-refractivity contribution in [1.29, 1.82) is 0 Å². The predicted molar refractivity (Wildman–Crippen MR) is 101 cm³/mol. The number of aliphatic hydroxyl groups excluding tert-OH is 1. The summed E-state index contributed by atoms with van der Waals surface area (Å²) >= 11 is 0. The summed E-state index contributed by atoms with van der Waals surface area (Å²) in [5, 5.41) is 13.6. The van der Waals surface area contributed by atoms with Crippen molar-refractivity contribution >= 4 is 16.9 Å². The minimum absolute atomic E-state index is 0.196. The van der Waals surface area contributed by atoms with Gasteiger partial charge >= 0.3 is 5.69 Å². The first-order valence-corrected chi connectivity index (χ1v) is 8.39. The first-order valence-electron chi connectivity index (χ1n) is 8.39. The van der Waals surface area contributed by atoms with E-state index in [0.29, 0.717) is 17.7 Å². The van der Waals surface area contributed by atoms with E-state index in [1.54, 1.807) is 11.6 Å². The fourth-order valence-corrected chi connectivity index (χ4v) is 2.91. The summed E-state index contributed by atoms with van der Waals surface area (Å²) in [4.78, 5) is 28.5. The molecule has 0 radical (unpaired) electrons. The van der Waals surface area contributed by atoms with Crippen molar-refractivity contribution < 1.29 is 5.11 Å². The Labute approximate surface area is 150 Å². The molecule has 2 aromatic heterocycles. The maximum atomic E-state index is 12.4. The Kier molecular flexibility index (Phi) is 4.69. The van der Waals surface area contributed by atoms with Crippen LogP contribution in [0.25, 0.3) is 11.2 Å². The van der Waals surface area contributed by atoms with Crippen molar-refractivity contribution in [1.82, 2.24) is 18.7 Å². The number of benzene rings is 1. The van der Waals surface area contributed by atoms with Gasteiger partial charge in [-0.3, -0.25) is 13.9 Å². The van der Waals surface area contributed by atoms with Gasteiger partial charge in [0.05, 0.1) is 19.0 Å². The average Bonchev–Trinajstić information content (AvgIpc) is 3.02. The smallest absolute Gasteiger partial charge is 0.332 e. The van der Waals surface area contributed by atoms with Gasteiger partial charge in [-0.2, -0.15) is 0 Å².